The highest BCUT2D eigenvalue weighted by molar-refractivity contribution is 6.74. The molecular formula is C37H65N2O4Si+. The maximum atomic E-state index is 10.4. The summed E-state index contributed by atoms with van der Waals surface area (Å²) in [5.74, 6) is 3.72. The Hall–Kier alpha value is -2.20. The average molecular weight is 630 g/mol. The van der Waals surface area contributed by atoms with E-state index in [1.807, 2.05) is 0 Å². The van der Waals surface area contributed by atoms with Crippen LogP contribution in [-0.2, 0) is 11.2 Å². The summed E-state index contributed by atoms with van der Waals surface area (Å²) in [5.41, 5.74) is 3.71. The monoisotopic (exact) mass is 629 g/mol. The molecule has 0 aromatic heterocycles. The summed E-state index contributed by atoms with van der Waals surface area (Å²) in [4.78, 5) is 2.97. The fourth-order valence-corrected chi connectivity index (χ4v) is 7.31. The van der Waals surface area contributed by atoms with E-state index in [-0.39, 0.29) is 5.04 Å². The predicted molar refractivity (Wildman–Crippen MR) is 187 cm³/mol. The Morgan fingerprint density at radius 1 is 0.977 bits per heavy atom. The van der Waals surface area contributed by atoms with Crippen molar-refractivity contribution in [1.82, 2.24) is 0 Å². The van der Waals surface area contributed by atoms with E-state index >= 15 is 0 Å². The van der Waals surface area contributed by atoms with Crippen molar-refractivity contribution in [1.29, 1.82) is 5.39 Å². The largest absolute Gasteiger partial charge is 0.543 e. The lowest BCUT2D eigenvalue weighted by Gasteiger charge is -2.44. The molecule has 7 heteroatoms. The normalized spacial score (nSPS) is 20.5. The van der Waals surface area contributed by atoms with Gasteiger partial charge in [0, 0.05) is 12.0 Å². The zero-order valence-electron chi connectivity index (χ0n) is 30.5. The van der Waals surface area contributed by atoms with Gasteiger partial charge in [0.2, 0.25) is 5.39 Å². The second-order valence-corrected chi connectivity index (χ2v) is 20.8. The van der Waals surface area contributed by atoms with Gasteiger partial charge in [0.1, 0.15) is 23.2 Å². The lowest BCUT2D eigenvalue weighted by atomic mass is 9.81. The standard InChI is InChI=1S/C37H64N2O4Si/c1-25(2)17-14-18-26(3)19-15-20-27(4)21-16-22-37(11)32(41-33(40)24-39-38)23-31-30(7)34(28(5)29(6)35(31)42-37)43-44(12,13)36(8,9)10/h24-27,32H,14-23H2,1-13H3/p+1/b33-24+/t26-,27-,32+,37-/m1/s1. The van der Waals surface area contributed by atoms with Gasteiger partial charge in [-0.2, -0.15) is 0 Å². The zero-order chi connectivity index (χ0) is 33.5. The number of hydrogen-bond donors (Lipinski definition) is 1. The van der Waals surface area contributed by atoms with Gasteiger partial charge in [-0.05, 0) is 93.1 Å². The van der Waals surface area contributed by atoms with Gasteiger partial charge in [-0.25, -0.2) is 0 Å². The molecule has 0 saturated heterocycles. The molecule has 1 aromatic rings. The van der Waals surface area contributed by atoms with E-state index in [0.717, 1.165) is 71.1 Å². The number of nitrogens with zero attached hydrogens (tertiary/aromatic N) is 2. The van der Waals surface area contributed by atoms with Crippen molar-refractivity contribution in [2.45, 2.75) is 170 Å². The smallest absolute Gasteiger partial charge is 0.429 e. The Morgan fingerprint density at radius 2 is 1.52 bits per heavy atom. The molecular weight excluding hydrogens is 565 g/mol. The second kappa shape index (κ2) is 15.9. The fraction of sp³-hybridized carbons (Fsp3) is 0.784. The molecule has 0 spiro atoms. The summed E-state index contributed by atoms with van der Waals surface area (Å²) in [7, 11) is -2.08. The number of hydrogen-bond acceptors (Lipinski definition) is 5. The Kier molecular flexibility index (Phi) is 13.7. The Labute approximate surface area is 271 Å². The third kappa shape index (κ3) is 10.2. The van der Waals surface area contributed by atoms with Crippen LogP contribution in [0.25, 0.3) is 4.98 Å². The van der Waals surface area contributed by atoms with Crippen molar-refractivity contribution in [3.8, 4) is 11.5 Å². The van der Waals surface area contributed by atoms with Crippen molar-refractivity contribution in [2.75, 3.05) is 0 Å². The van der Waals surface area contributed by atoms with Crippen LogP contribution in [0.1, 0.15) is 135 Å². The molecule has 250 valence electrons. The van der Waals surface area contributed by atoms with E-state index < -0.39 is 26.0 Å². The molecule has 2 rings (SSSR count). The maximum Gasteiger partial charge on any atom is 0.429 e. The Balaban J connectivity index is 2.20. The summed E-state index contributed by atoms with van der Waals surface area (Å²) in [6, 6.07) is 0. The first-order chi connectivity index (χ1) is 20.3. The highest BCUT2D eigenvalue weighted by atomic mass is 28.4. The van der Waals surface area contributed by atoms with Crippen LogP contribution in [0.3, 0.4) is 0 Å². The van der Waals surface area contributed by atoms with Crippen LogP contribution >= 0.6 is 0 Å². The summed E-state index contributed by atoms with van der Waals surface area (Å²) in [5, 5.41) is 19.5. The van der Waals surface area contributed by atoms with Crippen LogP contribution in [0, 0.1) is 43.9 Å². The molecule has 0 unspecified atom stereocenters. The molecule has 1 aromatic carbocycles. The first-order valence-corrected chi connectivity index (χ1v) is 20.1. The number of benzene rings is 1. The van der Waals surface area contributed by atoms with Gasteiger partial charge < -0.3 is 19.0 Å². The predicted octanol–water partition coefficient (Wildman–Crippen LogP) is 11.7. The van der Waals surface area contributed by atoms with Crippen LogP contribution in [0.15, 0.2) is 12.1 Å². The molecule has 6 nitrogen and oxygen atoms in total. The van der Waals surface area contributed by atoms with Crippen LogP contribution in [-0.4, -0.2) is 25.1 Å². The summed E-state index contributed by atoms with van der Waals surface area (Å²) < 4.78 is 19.8. The van der Waals surface area contributed by atoms with Crippen molar-refractivity contribution < 1.29 is 19.0 Å². The van der Waals surface area contributed by atoms with Crippen molar-refractivity contribution in [3.05, 3.63) is 39.4 Å². The zero-order valence-corrected chi connectivity index (χ0v) is 31.5. The number of aliphatic hydroxyl groups excluding tert-OH is 1. The van der Waals surface area contributed by atoms with Crippen LogP contribution in [0.4, 0.5) is 0 Å². The lowest BCUT2D eigenvalue weighted by molar-refractivity contribution is -0.100. The van der Waals surface area contributed by atoms with Crippen molar-refractivity contribution >= 4 is 8.32 Å². The van der Waals surface area contributed by atoms with Gasteiger partial charge >= 0.3 is 12.1 Å². The maximum absolute atomic E-state index is 10.4. The molecule has 0 bridgehead atoms. The minimum atomic E-state index is -2.08. The van der Waals surface area contributed by atoms with E-state index in [1.54, 1.807) is 0 Å². The summed E-state index contributed by atoms with van der Waals surface area (Å²) >= 11 is 0. The van der Waals surface area contributed by atoms with E-state index in [2.05, 4.69) is 94.2 Å². The topological polar surface area (TPSA) is 76.1 Å². The van der Waals surface area contributed by atoms with Gasteiger partial charge in [-0.1, -0.05) is 93.4 Å². The second-order valence-electron chi connectivity index (χ2n) is 16.0. The minimum absolute atomic E-state index is 0.0730. The Morgan fingerprint density at radius 3 is 2.05 bits per heavy atom. The molecule has 0 aliphatic carbocycles. The van der Waals surface area contributed by atoms with E-state index in [9.17, 15) is 5.11 Å². The van der Waals surface area contributed by atoms with Crippen LogP contribution in [0.2, 0.25) is 18.1 Å². The summed E-state index contributed by atoms with van der Waals surface area (Å²) in [6.45, 7) is 29.2. The van der Waals surface area contributed by atoms with E-state index in [1.165, 1.54) is 38.5 Å². The number of rotatable bonds is 16. The average Bonchev–Trinajstić information content (AvgIpc) is 2.90. The minimum Gasteiger partial charge on any atom is -0.543 e. The highest BCUT2D eigenvalue weighted by Crippen LogP contribution is 2.48. The van der Waals surface area contributed by atoms with E-state index in [0.29, 0.717) is 12.3 Å². The lowest BCUT2D eigenvalue weighted by Crippen LogP contribution is -2.51. The first kappa shape index (κ1) is 38.0. The number of aliphatic hydroxyl groups is 1. The van der Waals surface area contributed by atoms with Gasteiger partial charge in [-0.15, -0.1) is 0 Å². The molecule has 44 heavy (non-hydrogen) atoms. The van der Waals surface area contributed by atoms with Crippen molar-refractivity contribution in [3.63, 3.8) is 0 Å². The van der Waals surface area contributed by atoms with Gasteiger partial charge in [0.05, 0.1) is 0 Å². The quantitative estimate of drug-likeness (QED) is 0.112. The molecule has 0 saturated carbocycles. The van der Waals surface area contributed by atoms with Gasteiger partial charge in [0.15, 0.2) is 4.98 Å². The third-order valence-corrected chi connectivity index (χ3v) is 14.9. The molecule has 0 radical (unpaired) electrons. The molecule has 0 fully saturated rings. The Bertz CT molecular complexity index is 1160. The fourth-order valence-electron chi connectivity index (χ4n) is 6.18. The number of ether oxygens (including phenoxy) is 2. The highest BCUT2D eigenvalue weighted by Gasteiger charge is 2.46. The third-order valence-electron chi connectivity index (χ3n) is 10.6. The summed E-state index contributed by atoms with van der Waals surface area (Å²) in [6.07, 6.45) is 11.9. The molecule has 1 heterocycles. The molecule has 4 atom stereocenters. The van der Waals surface area contributed by atoms with Gasteiger partial charge in [0.25, 0.3) is 8.32 Å². The number of fused-ring (bicyclic) bond motifs is 1. The van der Waals surface area contributed by atoms with Gasteiger partial charge in [-0.3, -0.25) is 0 Å². The molecule has 1 N–H and O–H groups in total. The van der Waals surface area contributed by atoms with Crippen molar-refractivity contribution in [2.24, 2.45) is 17.8 Å². The molecule has 0 amide bonds. The van der Waals surface area contributed by atoms with Crippen LogP contribution < -0.4 is 9.16 Å². The van der Waals surface area contributed by atoms with E-state index in [4.69, 9.17) is 19.3 Å². The molecule has 1 aliphatic heterocycles. The number of diazo groups is 1. The SMILES string of the molecule is Cc1c(C)c2c(c(C)c1O[Si](C)(C)C(C)(C)C)C[C@H](O/C(O)=C/[N+]#N)[C@@](C)(CCC[C@H](C)CCC[C@H](C)CCCC(C)C)O2. The first-order valence-electron chi connectivity index (χ1n) is 17.2. The van der Waals surface area contributed by atoms with Crippen LogP contribution in [0.5, 0.6) is 11.5 Å². The molecule has 1 aliphatic rings.